The maximum atomic E-state index is 11.1. The molecule has 1 amide bonds. The van der Waals surface area contributed by atoms with Gasteiger partial charge >= 0.3 is 0 Å². The van der Waals surface area contributed by atoms with Gasteiger partial charge in [-0.3, -0.25) is 4.79 Å². The van der Waals surface area contributed by atoms with Gasteiger partial charge in [-0.05, 0) is 17.7 Å². The van der Waals surface area contributed by atoms with Gasteiger partial charge in [0.1, 0.15) is 5.75 Å². The minimum absolute atomic E-state index is 0.0661. The first kappa shape index (κ1) is 10.2. The predicted molar refractivity (Wildman–Crippen MR) is 59.8 cm³/mol. The number of nitriles is 1. The van der Waals surface area contributed by atoms with Crippen LogP contribution in [0.5, 0.6) is 5.75 Å². The number of carbonyl (C=O) groups is 1. The predicted octanol–water partition coefficient (Wildman–Crippen LogP) is 1.94. The third-order valence-corrected chi connectivity index (χ3v) is 2.16. The van der Waals surface area contributed by atoms with E-state index in [2.05, 4.69) is 5.32 Å². The van der Waals surface area contributed by atoms with Gasteiger partial charge in [0, 0.05) is 0 Å². The molecule has 0 atom stereocenters. The maximum Gasteiger partial charge on any atom is 0.262 e. The molecule has 0 saturated heterocycles. The highest BCUT2D eigenvalue weighted by molar-refractivity contribution is 5.95. The van der Waals surface area contributed by atoms with E-state index < -0.39 is 0 Å². The molecular weight excluding hydrogens is 204 g/mol. The molecule has 4 nitrogen and oxygen atoms in total. The van der Waals surface area contributed by atoms with E-state index in [1.165, 1.54) is 0 Å². The first-order chi connectivity index (χ1) is 7.79. The van der Waals surface area contributed by atoms with Crippen molar-refractivity contribution in [2.45, 2.75) is 6.42 Å². The second kappa shape index (κ2) is 4.49. The summed E-state index contributed by atoms with van der Waals surface area (Å²) in [4.78, 5) is 11.1. The lowest BCUT2D eigenvalue weighted by molar-refractivity contribution is -0.118. The van der Waals surface area contributed by atoms with E-state index >= 15 is 0 Å². The molecule has 4 heteroatoms. The molecule has 0 spiro atoms. The number of hydrogen-bond donors (Lipinski definition) is 1. The number of benzene rings is 1. The zero-order valence-electron chi connectivity index (χ0n) is 8.56. The van der Waals surface area contributed by atoms with Crippen molar-refractivity contribution in [2.24, 2.45) is 0 Å². The van der Waals surface area contributed by atoms with E-state index in [0.717, 1.165) is 5.56 Å². The Morgan fingerprint density at radius 3 is 3.25 bits per heavy atom. The summed E-state index contributed by atoms with van der Waals surface area (Å²) >= 11 is 0. The molecule has 0 unspecified atom stereocenters. The average Bonchev–Trinajstić information content (AvgIpc) is 2.29. The van der Waals surface area contributed by atoms with Gasteiger partial charge < -0.3 is 10.1 Å². The Balaban J connectivity index is 2.22. The Hall–Kier alpha value is -2.28. The molecular formula is C12H10N2O2. The number of ether oxygens (including phenoxy) is 1. The molecule has 1 N–H and O–H groups in total. The average molecular weight is 214 g/mol. The maximum absolute atomic E-state index is 11.1. The third kappa shape index (κ3) is 2.20. The second-order valence-corrected chi connectivity index (χ2v) is 3.36. The van der Waals surface area contributed by atoms with Gasteiger partial charge in [0.15, 0.2) is 6.61 Å². The fraction of sp³-hybridized carbons (Fsp3) is 0.167. The van der Waals surface area contributed by atoms with Crippen LogP contribution in [0.25, 0.3) is 6.08 Å². The van der Waals surface area contributed by atoms with Crippen molar-refractivity contribution in [2.75, 3.05) is 11.9 Å². The van der Waals surface area contributed by atoms with Crippen LogP contribution in [0.4, 0.5) is 5.69 Å². The number of hydrogen-bond acceptors (Lipinski definition) is 3. The number of amides is 1. The van der Waals surface area contributed by atoms with Gasteiger partial charge in [-0.2, -0.15) is 5.26 Å². The smallest absolute Gasteiger partial charge is 0.262 e. The summed E-state index contributed by atoms with van der Waals surface area (Å²) in [5, 5.41) is 11.1. The van der Waals surface area contributed by atoms with Crippen LogP contribution in [0.15, 0.2) is 24.3 Å². The number of rotatable bonds is 2. The normalized spacial score (nSPS) is 13.8. The Bertz CT molecular complexity index is 486. The van der Waals surface area contributed by atoms with Crippen molar-refractivity contribution >= 4 is 17.7 Å². The minimum atomic E-state index is -0.148. The molecule has 0 bridgehead atoms. The molecule has 0 radical (unpaired) electrons. The van der Waals surface area contributed by atoms with E-state index in [0.29, 0.717) is 17.9 Å². The molecule has 80 valence electrons. The number of nitrogens with one attached hydrogen (secondary N) is 1. The molecule has 1 heterocycles. The minimum Gasteiger partial charge on any atom is -0.482 e. The van der Waals surface area contributed by atoms with E-state index in [4.69, 9.17) is 10.00 Å². The lowest BCUT2D eigenvalue weighted by Crippen LogP contribution is -2.25. The zero-order valence-corrected chi connectivity index (χ0v) is 8.56. The van der Waals surface area contributed by atoms with Gasteiger partial charge in [-0.1, -0.05) is 18.2 Å². The molecule has 0 aromatic heterocycles. The number of nitrogens with zero attached hydrogens (tertiary/aromatic N) is 1. The quantitative estimate of drug-likeness (QED) is 0.818. The number of fused-ring (bicyclic) bond motifs is 1. The summed E-state index contributed by atoms with van der Waals surface area (Å²) in [5.74, 6) is 0.530. The van der Waals surface area contributed by atoms with Gasteiger partial charge in [-0.25, -0.2) is 0 Å². The van der Waals surface area contributed by atoms with E-state index in [-0.39, 0.29) is 12.5 Å². The first-order valence-electron chi connectivity index (χ1n) is 4.90. The summed E-state index contributed by atoms with van der Waals surface area (Å²) < 4.78 is 5.23. The molecule has 2 rings (SSSR count). The summed E-state index contributed by atoms with van der Waals surface area (Å²) in [6.45, 7) is 0.0661. The molecule has 0 saturated carbocycles. The highest BCUT2D eigenvalue weighted by atomic mass is 16.5. The van der Waals surface area contributed by atoms with E-state index in [1.54, 1.807) is 12.1 Å². The molecule has 1 aromatic carbocycles. The lowest BCUT2D eigenvalue weighted by Gasteiger charge is -2.17. The SMILES string of the molecule is N#CCC=Cc1ccc2c(c1)NC(=O)CO2. The Morgan fingerprint density at radius 2 is 2.44 bits per heavy atom. The number of allylic oxidation sites excluding steroid dienone is 1. The molecule has 1 aliphatic heterocycles. The first-order valence-corrected chi connectivity index (χ1v) is 4.90. The van der Waals surface area contributed by atoms with Crippen molar-refractivity contribution in [1.82, 2.24) is 0 Å². The zero-order chi connectivity index (χ0) is 11.4. The Labute approximate surface area is 93.1 Å². The fourth-order valence-electron chi connectivity index (χ4n) is 1.45. The van der Waals surface area contributed by atoms with E-state index in [1.807, 2.05) is 24.3 Å². The van der Waals surface area contributed by atoms with Crippen molar-refractivity contribution in [3.63, 3.8) is 0 Å². The Morgan fingerprint density at radius 1 is 1.56 bits per heavy atom. The highest BCUT2D eigenvalue weighted by Crippen LogP contribution is 2.28. The van der Waals surface area contributed by atoms with Crippen molar-refractivity contribution < 1.29 is 9.53 Å². The van der Waals surface area contributed by atoms with Gasteiger partial charge in [0.25, 0.3) is 5.91 Å². The van der Waals surface area contributed by atoms with Crippen LogP contribution in [-0.2, 0) is 4.79 Å². The third-order valence-electron chi connectivity index (χ3n) is 2.16. The van der Waals surface area contributed by atoms with Crippen molar-refractivity contribution in [3.05, 3.63) is 29.8 Å². The topological polar surface area (TPSA) is 62.1 Å². The van der Waals surface area contributed by atoms with Crippen LogP contribution < -0.4 is 10.1 Å². The molecule has 1 aliphatic rings. The van der Waals surface area contributed by atoms with Crippen LogP contribution >= 0.6 is 0 Å². The van der Waals surface area contributed by atoms with Crippen LogP contribution in [0.1, 0.15) is 12.0 Å². The van der Waals surface area contributed by atoms with Crippen LogP contribution in [0.2, 0.25) is 0 Å². The largest absolute Gasteiger partial charge is 0.482 e. The van der Waals surface area contributed by atoms with Crippen LogP contribution in [0.3, 0.4) is 0 Å². The summed E-state index contributed by atoms with van der Waals surface area (Å²) in [6, 6.07) is 7.53. The fourth-order valence-corrected chi connectivity index (χ4v) is 1.45. The highest BCUT2D eigenvalue weighted by Gasteiger charge is 2.15. The van der Waals surface area contributed by atoms with Gasteiger partial charge in [-0.15, -0.1) is 0 Å². The Kier molecular flexibility index (Phi) is 2.88. The van der Waals surface area contributed by atoms with Crippen LogP contribution in [-0.4, -0.2) is 12.5 Å². The molecule has 1 aromatic rings. The summed E-state index contributed by atoms with van der Waals surface area (Å²) in [6.07, 6.45) is 3.98. The van der Waals surface area contributed by atoms with Gasteiger partial charge in [0.05, 0.1) is 18.2 Å². The second-order valence-electron chi connectivity index (χ2n) is 3.36. The van der Waals surface area contributed by atoms with Crippen LogP contribution in [0, 0.1) is 11.3 Å². The van der Waals surface area contributed by atoms with Gasteiger partial charge in [0.2, 0.25) is 0 Å². The van der Waals surface area contributed by atoms with Crippen molar-refractivity contribution in [1.29, 1.82) is 5.26 Å². The summed E-state index contributed by atoms with van der Waals surface area (Å²) in [5.41, 5.74) is 1.61. The number of anilines is 1. The molecule has 0 fully saturated rings. The monoisotopic (exact) mass is 214 g/mol. The lowest BCUT2D eigenvalue weighted by atomic mass is 10.1. The standard InChI is InChI=1S/C12H10N2O2/c13-6-2-1-3-9-4-5-11-10(7-9)14-12(15)8-16-11/h1,3-5,7H,2,8H2,(H,14,15). The van der Waals surface area contributed by atoms with E-state index in [9.17, 15) is 4.79 Å². The molecule has 0 aliphatic carbocycles. The summed E-state index contributed by atoms with van der Waals surface area (Å²) in [7, 11) is 0. The van der Waals surface area contributed by atoms with Crippen molar-refractivity contribution in [3.8, 4) is 11.8 Å². The molecule has 16 heavy (non-hydrogen) atoms. The number of carbonyl (C=O) groups excluding carboxylic acids is 1.